The summed E-state index contributed by atoms with van der Waals surface area (Å²) in [6.45, 7) is 6.99. The maximum Gasteiger partial charge on any atom is 0.0307 e. The third-order valence-electron chi connectivity index (χ3n) is 1.47. The van der Waals surface area contributed by atoms with Crippen LogP contribution in [0.25, 0.3) is 0 Å². The van der Waals surface area contributed by atoms with Gasteiger partial charge in [-0.2, -0.15) is 0 Å². The third-order valence-corrected chi connectivity index (χ3v) is 13.3. The van der Waals surface area contributed by atoms with E-state index in [1.54, 1.807) is 0 Å². The lowest BCUT2D eigenvalue weighted by molar-refractivity contribution is 0.416. The Morgan fingerprint density at radius 1 is 1.00 bits per heavy atom. The fourth-order valence-electron chi connectivity index (χ4n) is 0.617. The van der Waals surface area contributed by atoms with E-state index < -0.39 is 0 Å². The molecule has 1 unspecified atom stereocenters. The van der Waals surface area contributed by atoms with Crippen LogP contribution in [-0.2, 0) is 0 Å². The maximum atomic E-state index is 2.33. The molecule has 0 bridgehead atoms. The van der Waals surface area contributed by atoms with Crippen LogP contribution in [-0.4, -0.2) is 11.0 Å². The Morgan fingerprint density at radius 2 is 1.67 bits per heavy atom. The van der Waals surface area contributed by atoms with Gasteiger partial charge in [0.25, 0.3) is 0 Å². The fourth-order valence-corrected chi connectivity index (χ4v) is 14.3. The van der Waals surface area contributed by atoms with Crippen LogP contribution < -0.4 is 0 Å². The van der Waals surface area contributed by atoms with E-state index in [4.69, 9.17) is 0 Å². The van der Waals surface area contributed by atoms with Gasteiger partial charge >= 0.3 is 0 Å². The lowest BCUT2D eigenvalue weighted by Crippen LogP contribution is -2.24. The quantitative estimate of drug-likeness (QED) is 0.540. The van der Waals surface area contributed by atoms with Crippen molar-refractivity contribution in [1.29, 1.82) is 0 Å². The topological polar surface area (TPSA) is 0 Å². The first-order valence-corrected chi connectivity index (χ1v) is 11.3. The van der Waals surface area contributed by atoms with Crippen molar-refractivity contribution in [3.05, 3.63) is 0 Å². The molecule has 0 N–H and O–H groups in total. The van der Waals surface area contributed by atoms with Gasteiger partial charge in [-0.05, 0) is 44.7 Å². The largest absolute Gasteiger partial charge is 0.0805 e. The lowest BCUT2D eigenvalue weighted by atomic mass is 9.93. The van der Waals surface area contributed by atoms with Crippen LogP contribution in [0.15, 0.2) is 0 Å². The van der Waals surface area contributed by atoms with Gasteiger partial charge in [0.2, 0.25) is 0 Å². The summed E-state index contributed by atoms with van der Waals surface area (Å²) in [6.07, 6.45) is 0. The summed E-state index contributed by atoms with van der Waals surface area (Å²) in [6, 6.07) is 0. The van der Waals surface area contributed by atoms with E-state index in [9.17, 15) is 0 Å². The molecule has 12 heavy (non-hydrogen) atoms. The minimum atomic E-state index is 0.438. The molecule has 1 aliphatic heterocycles. The van der Waals surface area contributed by atoms with Crippen LogP contribution in [0.3, 0.4) is 0 Å². The number of hydrogen-bond acceptors (Lipinski definition) is 6. The Labute approximate surface area is 97.3 Å². The summed E-state index contributed by atoms with van der Waals surface area (Å²) < 4.78 is 0. The van der Waals surface area contributed by atoms with E-state index in [2.05, 4.69) is 20.8 Å². The fraction of sp³-hybridized carbons (Fsp3) is 1.00. The summed E-state index contributed by atoms with van der Waals surface area (Å²) in [5.74, 6) is 1.26. The normalized spacial score (nSPS) is 27.8. The van der Waals surface area contributed by atoms with Gasteiger partial charge < -0.3 is 0 Å². The third kappa shape index (κ3) is 4.55. The van der Waals surface area contributed by atoms with Crippen molar-refractivity contribution in [1.82, 2.24) is 0 Å². The van der Waals surface area contributed by atoms with Gasteiger partial charge in [0, 0.05) is 11.0 Å². The zero-order valence-corrected chi connectivity index (χ0v) is 12.1. The van der Waals surface area contributed by atoms with E-state index in [-0.39, 0.29) is 0 Å². The van der Waals surface area contributed by atoms with Crippen LogP contribution in [0.4, 0.5) is 0 Å². The first-order chi connectivity index (χ1) is 5.61. The van der Waals surface area contributed by atoms with Crippen LogP contribution in [0, 0.1) is 5.41 Å². The van der Waals surface area contributed by atoms with Gasteiger partial charge in [-0.1, -0.05) is 42.4 Å². The molecular formula is C6H12S6. The molecule has 0 spiro atoms. The Morgan fingerprint density at radius 3 is 2.33 bits per heavy atom. The molecule has 0 saturated carbocycles. The zero-order chi connectivity index (χ0) is 9.03. The summed E-state index contributed by atoms with van der Waals surface area (Å²) in [5, 5.41) is 0.772. The molecule has 6 heteroatoms. The van der Waals surface area contributed by atoms with Crippen molar-refractivity contribution < 1.29 is 0 Å². The Balaban J connectivity index is 2.40. The molecule has 1 aliphatic rings. The Kier molecular flexibility index (Phi) is 5.94. The summed E-state index contributed by atoms with van der Waals surface area (Å²) >= 11 is 0. The SMILES string of the molecule is CC(C)(C)C1CSSSSSS1. The first-order valence-electron chi connectivity index (χ1n) is 3.55. The van der Waals surface area contributed by atoms with Gasteiger partial charge in [0.1, 0.15) is 0 Å². The minimum absolute atomic E-state index is 0.438. The average Bonchev–Trinajstić information content (AvgIpc) is 1.81. The van der Waals surface area contributed by atoms with Gasteiger partial charge in [0.05, 0.1) is 0 Å². The van der Waals surface area contributed by atoms with E-state index in [0.29, 0.717) is 5.41 Å². The van der Waals surface area contributed by atoms with E-state index in [1.165, 1.54) is 5.75 Å². The van der Waals surface area contributed by atoms with E-state index in [1.807, 2.05) is 60.9 Å². The molecule has 1 heterocycles. The second kappa shape index (κ2) is 5.85. The van der Waals surface area contributed by atoms with Crippen LogP contribution in [0.5, 0.6) is 0 Å². The van der Waals surface area contributed by atoms with Crippen LogP contribution in [0.2, 0.25) is 0 Å². The van der Waals surface area contributed by atoms with E-state index in [0.717, 1.165) is 5.25 Å². The highest BCUT2D eigenvalue weighted by molar-refractivity contribution is 9.42. The molecule has 1 atom stereocenters. The highest BCUT2D eigenvalue weighted by Crippen LogP contribution is 2.58. The van der Waals surface area contributed by atoms with Crippen molar-refractivity contribution in [3.8, 4) is 0 Å². The van der Waals surface area contributed by atoms with Crippen LogP contribution >= 0.6 is 60.9 Å². The predicted octanol–water partition coefficient (Wildman–Crippen LogP) is 5.39. The molecule has 0 aliphatic carbocycles. The molecule has 1 fully saturated rings. The smallest absolute Gasteiger partial charge is 0.0307 e. The summed E-state index contributed by atoms with van der Waals surface area (Å²) in [5.41, 5.74) is 0.438. The number of rotatable bonds is 0. The highest BCUT2D eigenvalue weighted by Gasteiger charge is 2.26. The molecule has 72 valence electrons. The molecule has 0 aromatic rings. The van der Waals surface area contributed by atoms with Crippen molar-refractivity contribution >= 4 is 60.9 Å². The number of hydrogen-bond donors (Lipinski definition) is 0. The van der Waals surface area contributed by atoms with Gasteiger partial charge in [-0.15, -0.1) is 0 Å². The van der Waals surface area contributed by atoms with Crippen molar-refractivity contribution in [2.45, 2.75) is 26.0 Å². The average molecular weight is 277 g/mol. The maximum absolute atomic E-state index is 2.33. The minimum Gasteiger partial charge on any atom is -0.0805 e. The van der Waals surface area contributed by atoms with Crippen LogP contribution in [0.1, 0.15) is 20.8 Å². The Hall–Kier alpha value is 2.10. The Bertz CT molecular complexity index is 122. The molecule has 0 amide bonds. The molecule has 0 aromatic heterocycles. The lowest BCUT2D eigenvalue weighted by Gasteiger charge is -2.29. The van der Waals surface area contributed by atoms with Crippen molar-refractivity contribution in [2.24, 2.45) is 5.41 Å². The second-order valence-electron chi connectivity index (χ2n) is 3.51. The second-order valence-corrected chi connectivity index (χ2v) is 13.2. The molecule has 1 rings (SSSR count). The zero-order valence-electron chi connectivity index (χ0n) is 7.23. The van der Waals surface area contributed by atoms with Gasteiger partial charge in [0.15, 0.2) is 0 Å². The molecule has 1 saturated heterocycles. The van der Waals surface area contributed by atoms with Gasteiger partial charge in [-0.25, -0.2) is 0 Å². The van der Waals surface area contributed by atoms with Gasteiger partial charge in [-0.3, -0.25) is 0 Å². The highest BCUT2D eigenvalue weighted by atomic mass is 33.9. The van der Waals surface area contributed by atoms with Crippen molar-refractivity contribution in [2.75, 3.05) is 5.75 Å². The summed E-state index contributed by atoms with van der Waals surface area (Å²) in [7, 11) is 11.6. The monoisotopic (exact) mass is 276 g/mol. The molecule has 0 radical (unpaired) electrons. The van der Waals surface area contributed by atoms with E-state index >= 15 is 0 Å². The first kappa shape index (κ1) is 12.2. The van der Waals surface area contributed by atoms with Crippen molar-refractivity contribution in [3.63, 3.8) is 0 Å². The molecular weight excluding hydrogens is 264 g/mol. The standard InChI is InChI=1S/C6H12S6/c1-6(2,3)5-4-7-9-11-12-10-8-5/h5H,4H2,1-3H3. The summed E-state index contributed by atoms with van der Waals surface area (Å²) in [4.78, 5) is 0. The predicted molar refractivity (Wildman–Crippen MR) is 73.7 cm³/mol. The molecule has 0 nitrogen and oxygen atoms in total. The molecule has 0 aromatic carbocycles.